The number of piperidine rings is 1. The molecule has 148 valence electrons. The number of fused-ring (bicyclic) bond motifs is 1. The summed E-state index contributed by atoms with van der Waals surface area (Å²) in [4.78, 5) is 23.7. The third-order valence-corrected chi connectivity index (χ3v) is 8.01. The second kappa shape index (κ2) is 7.12. The summed E-state index contributed by atoms with van der Waals surface area (Å²) in [6.45, 7) is 8.17. The van der Waals surface area contributed by atoms with Crippen LogP contribution in [0.5, 0.6) is 0 Å². The Morgan fingerprint density at radius 3 is 2.71 bits per heavy atom. The van der Waals surface area contributed by atoms with Crippen LogP contribution < -0.4 is 0 Å². The number of carbonyl (C=O) groups is 1. The number of carbonyl (C=O) groups excluding carboxylic acids is 1. The number of amides is 1. The fourth-order valence-electron chi connectivity index (χ4n) is 5.05. The predicted octanol–water partition coefficient (Wildman–Crippen LogP) is 4.25. The minimum Gasteiger partial charge on any atom is -0.342 e. The van der Waals surface area contributed by atoms with E-state index in [1.54, 1.807) is 0 Å². The van der Waals surface area contributed by atoms with Crippen molar-refractivity contribution >= 4 is 28.8 Å². The van der Waals surface area contributed by atoms with Crippen LogP contribution in [-0.4, -0.2) is 46.4 Å². The summed E-state index contributed by atoms with van der Waals surface area (Å²) in [5.41, 5.74) is 2.43. The monoisotopic (exact) mass is 415 g/mol. The molecule has 1 saturated carbocycles. The molecular weight excluding hydrogens is 390 g/mol. The van der Waals surface area contributed by atoms with Crippen molar-refractivity contribution in [2.75, 3.05) is 19.6 Å². The molecule has 3 fully saturated rings. The molecule has 3 heterocycles. The lowest BCUT2D eigenvalue weighted by Gasteiger charge is -2.53. The highest BCUT2D eigenvalue weighted by Gasteiger charge is 2.49. The maximum Gasteiger partial charge on any atom is 0.226 e. The Bertz CT molecular complexity index is 896. The highest BCUT2D eigenvalue weighted by atomic mass is 35.5. The van der Waals surface area contributed by atoms with Gasteiger partial charge in [-0.3, -0.25) is 9.69 Å². The van der Waals surface area contributed by atoms with Crippen molar-refractivity contribution in [3.63, 3.8) is 0 Å². The molecule has 0 bridgehead atoms. The number of hydrogen-bond donors (Lipinski definition) is 0. The molecule has 0 N–H and O–H groups in total. The van der Waals surface area contributed by atoms with Gasteiger partial charge in [0.2, 0.25) is 5.91 Å². The molecular formula is C22H26ClN3OS. The fraction of sp³-hybridized carbons (Fsp3) is 0.545. The number of aromatic nitrogens is 1. The summed E-state index contributed by atoms with van der Waals surface area (Å²) >= 11 is 7.81. The standard InChI is InChI=1S/C22H26ClN3OS/c1-13-21(28-14(2)24-13)12-26-11-16-10-25(8-7-20(16)26)22(27)19-9-18(19)15-3-5-17(23)6-4-15/h3-6,16,18-20H,7-12H2,1-2H3/t16-,18+,19+,20-/m0/s1. The average molecular weight is 416 g/mol. The Kier molecular flexibility index (Phi) is 4.73. The van der Waals surface area contributed by atoms with Gasteiger partial charge in [0.25, 0.3) is 0 Å². The molecule has 5 rings (SSSR count). The van der Waals surface area contributed by atoms with Crippen molar-refractivity contribution in [3.05, 3.63) is 50.4 Å². The van der Waals surface area contributed by atoms with E-state index in [0.717, 1.165) is 49.1 Å². The maximum atomic E-state index is 13.0. The van der Waals surface area contributed by atoms with E-state index in [9.17, 15) is 4.79 Å². The Morgan fingerprint density at radius 1 is 1.25 bits per heavy atom. The molecule has 0 radical (unpaired) electrons. The highest BCUT2D eigenvalue weighted by Crippen LogP contribution is 2.49. The molecule has 1 aromatic carbocycles. The maximum absolute atomic E-state index is 13.0. The van der Waals surface area contributed by atoms with E-state index < -0.39 is 0 Å². The molecule has 0 unspecified atom stereocenters. The number of likely N-dealkylation sites (tertiary alicyclic amines) is 2. The molecule has 1 aromatic heterocycles. The normalized spacial score (nSPS) is 29.3. The van der Waals surface area contributed by atoms with Crippen LogP contribution in [0.4, 0.5) is 0 Å². The molecule has 2 aromatic rings. The van der Waals surface area contributed by atoms with Crippen molar-refractivity contribution in [3.8, 4) is 0 Å². The summed E-state index contributed by atoms with van der Waals surface area (Å²) in [7, 11) is 0. The first-order chi connectivity index (χ1) is 13.5. The summed E-state index contributed by atoms with van der Waals surface area (Å²) in [5.74, 6) is 1.57. The SMILES string of the molecule is Cc1nc(C)c(CN2C[C@@H]3CN(C(=O)[C@@H]4C[C@@H]4c4ccc(Cl)cc4)CC[C@@H]32)s1. The Hall–Kier alpha value is -1.43. The number of thiazole rings is 1. The molecule has 6 heteroatoms. The van der Waals surface area contributed by atoms with Gasteiger partial charge in [-0.2, -0.15) is 0 Å². The molecule has 3 aliphatic rings. The number of benzene rings is 1. The number of aryl methyl sites for hydroxylation is 2. The topological polar surface area (TPSA) is 36.4 Å². The van der Waals surface area contributed by atoms with Gasteiger partial charge in [-0.1, -0.05) is 23.7 Å². The van der Waals surface area contributed by atoms with Gasteiger partial charge in [0, 0.05) is 54.0 Å². The lowest BCUT2D eigenvalue weighted by molar-refractivity contribution is -0.139. The van der Waals surface area contributed by atoms with Crippen molar-refractivity contribution in [1.82, 2.24) is 14.8 Å². The summed E-state index contributed by atoms with van der Waals surface area (Å²) in [5, 5.41) is 1.91. The van der Waals surface area contributed by atoms with Gasteiger partial charge in [0.15, 0.2) is 0 Å². The second-order valence-electron chi connectivity index (χ2n) is 8.57. The highest BCUT2D eigenvalue weighted by molar-refractivity contribution is 7.11. The lowest BCUT2D eigenvalue weighted by atomic mass is 9.82. The van der Waals surface area contributed by atoms with E-state index in [4.69, 9.17) is 11.6 Å². The van der Waals surface area contributed by atoms with Crippen LogP contribution in [0.1, 0.15) is 39.9 Å². The van der Waals surface area contributed by atoms with Crippen molar-refractivity contribution in [2.24, 2.45) is 11.8 Å². The smallest absolute Gasteiger partial charge is 0.226 e. The van der Waals surface area contributed by atoms with Crippen LogP contribution in [0.2, 0.25) is 5.02 Å². The van der Waals surface area contributed by atoms with Gasteiger partial charge in [0.05, 0.1) is 10.7 Å². The van der Waals surface area contributed by atoms with Gasteiger partial charge >= 0.3 is 0 Å². The Labute approximate surface area is 175 Å². The van der Waals surface area contributed by atoms with Crippen molar-refractivity contribution in [2.45, 2.75) is 45.2 Å². The van der Waals surface area contributed by atoms with E-state index in [1.807, 2.05) is 23.5 Å². The Balaban J connectivity index is 1.15. The zero-order chi connectivity index (χ0) is 19.4. The first-order valence-electron chi connectivity index (χ1n) is 10.2. The van der Waals surface area contributed by atoms with E-state index in [1.165, 1.54) is 16.1 Å². The van der Waals surface area contributed by atoms with Crippen LogP contribution >= 0.6 is 22.9 Å². The first kappa shape index (κ1) is 18.6. The van der Waals surface area contributed by atoms with Crippen molar-refractivity contribution in [1.29, 1.82) is 0 Å². The van der Waals surface area contributed by atoms with E-state index in [0.29, 0.717) is 23.8 Å². The molecule has 1 aliphatic carbocycles. The van der Waals surface area contributed by atoms with Gasteiger partial charge < -0.3 is 4.90 Å². The minimum atomic E-state index is 0.178. The second-order valence-corrected chi connectivity index (χ2v) is 10.3. The quantitative estimate of drug-likeness (QED) is 0.748. The molecule has 2 saturated heterocycles. The molecule has 2 aliphatic heterocycles. The summed E-state index contributed by atoms with van der Waals surface area (Å²) in [6.07, 6.45) is 2.09. The van der Waals surface area contributed by atoms with Crippen LogP contribution in [0, 0.1) is 25.7 Å². The lowest BCUT2D eigenvalue weighted by Crippen LogP contribution is -2.63. The molecule has 4 atom stereocenters. The fourth-order valence-corrected chi connectivity index (χ4v) is 6.13. The van der Waals surface area contributed by atoms with E-state index >= 15 is 0 Å². The number of rotatable bonds is 4. The van der Waals surface area contributed by atoms with Gasteiger partial charge in [0.1, 0.15) is 0 Å². The third kappa shape index (κ3) is 3.38. The van der Waals surface area contributed by atoms with E-state index in [2.05, 4.69) is 40.8 Å². The minimum absolute atomic E-state index is 0.178. The summed E-state index contributed by atoms with van der Waals surface area (Å²) < 4.78 is 0. The third-order valence-electron chi connectivity index (χ3n) is 6.70. The van der Waals surface area contributed by atoms with Crippen molar-refractivity contribution < 1.29 is 4.79 Å². The summed E-state index contributed by atoms with van der Waals surface area (Å²) in [6, 6.07) is 8.63. The van der Waals surface area contributed by atoms with Crippen LogP contribution in [0.15, 0.2) is 24.3 Å². The van der Waals surface area contributed by atoms with Crippen LogP contribution in [0.3, 0.4) is 0 Å². The molecule has 0 spiro atoms. The number of nitrogens with zero attached hydrogens (tertiary/aromatic N) is 3. The predicted molar refractivity (Wildman–Crippen MR) is 113 cm³/mol. The van der Waals surface area contributed by atoms with Gasteiger partial charge in [-0.15, -0.1) is 11.3 Å². The molecule has 4 nitrogen and oxygen atoms in total. The number of halogens is 1. The van der Waals surface area contributed by atoms with Gasteiger partial charge in [-0.05, 0) is 50.3 Å². The molecule has 28 heavy (non-hydrogen) atoms. The van der Waals surface area contributed by atoms with Gasteiger partial charge in [-0.25, -0.2) is 4.98 Å². The largest absolute Gasteiger partial charge is 0.342 e. The zero-order valence-corrected chi connectivity index (χ0v) is 18.0. The zero-order valence-electron chi connectivity index (χ0n) is 16.4. The Morgan fingerprint density at radius 2 is 2.04 bits per heavy atom. The van der Waals surface area contributed by atoms with Crippen LogP contribution in [0.25, 0.3) is 0 Å². The first-order valence-corrected chi connectivity index (χ1v) is 11.4. The molecule has 1 amide bonds. The number of hydrogen-bond acceptors (Lipinski definition) is 4. The van der Waals surface area contributed by atoms with E-state index in [-0.39, 0.29) is 5.92 Å². The van der Waals surface area contributed by atoms with Crippen LogP contribution in [-0.2, 0) is 11.3 Å². The average Bonchev–Trinajstić information content (AvgIpc) is 3.38.